The van der Waals surface area contributed by atoms with Crippen molar-refractivity contribution in [2.45, 2.75) is 38.6 Å². The van der Waals surface area contributed by atoms with E-state index < -0.39 is 0 Å². The second kappa shape index (κ2) is 5.33. The lowest BCUT2D eigenvalue weighted by atomic mass is 9.85. The summed E-state index contributed by atoms with van der Waals surface area (Å²) in [4.78, 5) is 21.3. The molecule has 104 valence electrons. The van der Waals surface area contributed by atoms with Crippen LogP contribution < -0.4 is 15.8 Å². The smallest absolute Gasteiger partial charge is 0.252 e. The molecule has 19 heavy (non-hydrogen) atoms. The van der Waals surface area contributed by atoms with Gasteiger partial charge in [-0.15, -0.1) is 0 Å². The number of nitrogens with one attached hydrogen (secondary N) is 2. The predicted octanol–water partition coefficient (Wildman–Crippen LogP) is 0.911. The molecule has 2 saturated heterocycles. The summed E-state index contributed by atoms with van der Waals surface area (Å²) in [6, 6.07) is 2.30. The lowest BCUT2D eigenvalue weighted by molar-refractivity contribution is 0.244. The van der Waals surface area contributed by atoms with Crippen LogP contribution in [0.1, 0.15) is 32.0 Å². The predicted molar refractivity (Wildman–Crippen MR) is 75.6 cm³/mol. The SMILES string of the molecule is CCc1nc(N2CCC3NCCCC3C2)cc(=O)[nH]1. The van der Waals surface area contributed by atoms with Crippen LogP contribution in [0.4, 0.5) is 5.82 Å². The number of H-pyrrole nitrogens is 1. The van der Waals surface area contributed by atoms with Crippen molar-refractivity contribution in [1.29, 1.82) is 0 Å². The van der Waals surface area contributed by atoms with Gasteiger partial charge in [0.2, 0.25) is 0 Å². The molecule has 0 aliphatic carbocycles. The summed E-state index contributed by atoms with van der Waals surface area (Å²) < 4.78 is 0. The molecule has 3 heterocycles. The maximum atomic E-state index is 11.7. The van der Waals surface area contributed by atoms with Crippen molar-refractivity contribution < 1.29 is 0 Å². The van der Waals surface area contributed by atoms with Crippen LogP contribution >= 0.6 is 0 Å². The highest BCUT2D eigenvalue weighted by Gasteiger charge is 2.31. The second-order valence-corrected chi connectivity index (χ2v) is 5.60. The maximum Gasteiger partial charge on any atom is 0.252 e. The number of fused-ring (bicyclic) bond motifs is 1. The van der Waals surface area contributed by atoms with E-state index in [9.17, 15) is 4.79 Å². The fourth-order valence-corrected chi connectivity index (χ4v) is 3.28. The Bertz CT molecular complexity index is 498. The van der Waals surface area contributed by atoms with Crippen molar-refractivity contribution >= 4 is 5.82 Å². The van der Waals surface area contributed by atoms with E-state index in [0.29, 0.717) is 12.0 Å². The van der Waals surface area contributed by atoms with Crippen molar-refractivity contribution in [1.82, 2.24) is 15.3 Å². The minimum Gasteiger partial charge on any atom is -0.356 e. The van der Waals surface area contributed by atoms with E-state index in [2.05, 4.69) is 20.2 Å². The lowest BCUT2D eigenvalue weighted by Crippen LogP contribution is -2.52. The van der Waals surface area contributed by atoms with Gasteiger partial charge in [-0.05, 0) is 31.7 Å². The molecule has 2 aliphatic rings. The molecule has 5 nitrogen and oxygen atoms in total. The van der Waals surface area contributed by atoms with Gasteiger partial charge in [-0.2, -0.15) is 0 Å². The molecule has 0 spiro atoms. The number of aryl methyl sites for hydroxylation is 1. The first-order valence-corrected chi connectivity index (χ1v) is 7.35. The molecule has 0 radical (unpaired) electrons. The van der Waals surface area contributed by atoms with Gasteiger partial charge in [0.05, 0.1) is 0 Å². The number of nitrogens with zero attached hydrogens (tertiary/aromatic N) is 2. The van der Waals surface area contributed by atoms with Gasteiger partial charge in [0, 0.05) is 31.6 Å². The molecule has 2 unspecified atom stereocenters. The van der Waals surface area contributed by atoms with E-state index in [4.69, 9.17) is 0 Å². The van der Waals surface area contributed by atoms with Gasteiger partial charge < -0.3 is 15.2 Å². The Labute approximate surface area is 113 Å². The molecule has 0 bridgehead atoms. The molecule has 2 N–H and O–H groups in total. The first-order chi connectivity index (χ1) is 9.26. The fourth-order valence-electron chi connectivity index (χ4n) is 3.28. The first kappa shape index (κ1) is 12.7. The molecule has 0 saturated carbocycles. The number of aromatic nitrogens is 2. The van der Waals surface area contributed by atoms with E-state index in [1.54, 1.807) is 6.07 Å². The van der Waals surface area contributed by atoms with Gasteiger partial charge in [-0.3, -0.25) is 4.79 Å². The van der Waals surface area contributed by atoms with Crippen LogP contribution in [0.5, 0.6) is 0 Å². The number of rotatable bonds is 2. The minimum atomic E-state index is -0.0363. The Morgan fingerprint density at radius 2 is 2.37 bits per heavy atom. The fraction of sp³-hybridized carbons (Fsp3) is 0.714. The van der Waals surface area contributed by atoms with Crippen LogP contribution in [0.2, 0.25) is 0 Å². The Morgan fingerprint density at radius 1 is 1.47 bits per heavy atom. The molecule has 3 rings (SSSR count). The third kappa shape index (κ3) is 2.66. The van der Waals surface area contributed by atoms with E-state index >= 15 is 0 Å². The number of hydrogen-bond donors (Lipinski definition) is 2. The maximum absolute atomic E-state index is 11.7. The molecule has 2 aliphatic heterocycles. The van der Waals surface area contributed by atoms with Gasteiger partial charge in [0.25, 0.3) is 5.56 Å². The summed E-state index contributed by atoms with van der Waals surface area (Å²) in [5, 5.41) is 3.61. The topological polar surface area (TPSA) is 61.0 Å². The number of anilines is 1. The highest BCUT2D eigenvalue weighted by Crippen LogP contribution is 2.26. The van der Waals surface area contributed by atoms with E-state index in [-0.39, 0.29) is 5.56 Å². The summed E-state index contributed by atoms with van der Waals surface area (Å²) in [7, 11) is 0. The highest BCUT2D eigenvalue weighted by molar-refractivity contribution is 5.38. The van der Waals surface area contributed by atoms with Crippen LogP contribution in [0, 0.1) is 5.92 Å². The average Bonchev–Trinajstić information content (AvgIpc) is 2.46. The average molecular weight is 262 g/mol. The zero-order valence-corrected chi connectivity index (χ0v) is 11.5. The van der Waals surface area contributed by atoms with Crippen LogP contribution in [0.25, 0.3) is 0 Å². The van der Waals surface area contributed by atoms with E-state index in [1.165, 1.54) is 12.8 Å². The molecule has 5 heteroatoms. The molecular formula is C14H22N4O. The molecule has 2 fully saturated rings. The Hall–Kier alpha value is -1.36. The zero-order valence-electron chi connectivity index (χ0n) is 11.5. The molecule has 0 aromatic carbocycles. The van der Waals surface area contributed by atoms with Crippen molar-refractivity contribution in [2.75, 3.05) is 24.5 Å². The normalized spacial score (nSPS) is 27.1. The third-order valence-corrected chi connectivity index (χ3v) is 4.33. The summed E-state index contributed by atoms with van der Waals surface area (Å²) in [6.45, 7) is 5.19. The van der Waals surface area contributed by atoms with E-state index in [0.717, 1.165) is 44.1 Å². The van der Waals surface area contributed by atoms with Crippen LogP contribution in [-0.2, 0) is 6.42 Å². The molecule has 1 aromatic rings. The Kier molecular flexibility index (Phi) is 3.55. The van der Waals surface area contributed by atoms with Gasteiger partial charge in [0.1, 0.15) is 11.6 Å². The summed E-state index contributed by atoms with van der Waals surface area (Å²) in [6.07, 6.45) is 4.47. The van der Waals surface area contributed by atoms with Crippen molar-refractivity contribution in [2.24, 2.45) is 5.92 Å². The summed E-state index contributed by atoms with van der Waals surface area (Å²) in [5.41, 5.74) is -0.0363. The first-order valence-electron chi connectivity index (χ1n) is 7.35. The van der Waals surface area contributed by atoms with Crippen molar-refractivity contribution in [3.63, 3.8) is 0 Å². The number of piperidine rings is 2. The molecule has 0 amide bonds. The summed E-state index contributed by atoms with van der Waals surface area (Å²) in [5.74, 6) is 2.34. The van der Waals surface area contributed by atoms with Gasteiger partial charge in [0.15, 0.2) is 0 Å². The molecule has 1 aromatic heterocycles. The Morgan fingerprint density at radius 3 is 3.21 bits per heavy atom. The second-order valence-electron chi connectivity index (χ2n) is 5.60. The minimum absolute atomic E-state index is 0.0363. The van der Waals surface area contributed by atoms with Gasteiger partial charge in [-0.25, -0.2) is 4.98 Å². The lowest BCUT2D eigenvalue weighted by Gasteiger charge is -2.42. The third-order valence-electron chi connectivity index (χ3n) is 4.33. The van der Waals surface area contributed by atoms with Crippen molar-refractivity contribution in [3.05, 3.63) is 22.2 Å². The van der Waals surface area contributed by atoms with Gasteiger partial charge >= 0.3 is 0 Å². The van der Waals surface area contributed by atoms with Crippen LogP contribution in [-0.4, -0.2) is 35.6 Å². The zero-order chi connectivity index (χ0) is 13.2. The largest absolute Gasteiger partial charge is 0.356 e. The number of hydrogen-bond acceptors (Lipinski definition) is 4. The van der Waals surface area contributed by atoms with Crippen LogP contribution in [0.15, 0.2) is 10.9 Å². The molecule has 2 atom stereocenters. The van der Waals surface area contributed by atoms with Gasteiger partial charge in [-0.1, -0.05) is 6.92 Å². The highest BCUT2D eigenvalue weighted by atomic mass is 16.1. The quantitative estimate of drug-likeness (QED) is 0.831. The summed E-state index contributed by atoms with van der Waals surface area (Å²) >= 11 is 0. The molecular weight excluding hydrogens is 240 g/mol. The van der Waals surface area contributed by atoms with E-state index in [1.807, 2.05) is 6.92 Å². The van der Waals surface area contributed by atoms with Crippen LogP contribution in [0.3, 0.4) is 0 Å². The van der Waals surface area contributed by atoms with Crippen molar-refractivity contribution in [3.8, 4) is 0 Å². The Balaban J connectivity index is 1.79. The number of aromatic amines is 1. The standard InChI is InChI=1S/C14H22N4O/c1-2-12-16-13(8-14(19)17-12)18-7-5-11-10(9-18)4-3-6-15-11/h8,10-11,15H,2-7,9H2,1H3,(H,16,17,19). The monoisotopic (exact) mass is 262 g/mol.